The minimum absolute atomic E-state index is 0.118. The average Bonchev–Trinajstić information content (AvgIpc) is 2.72. The largest absolute Gasteiger partial charge is 0.495 e. The van der Waals surface area contributed by atoms with Gasteiger partial charge < -0.3 is 24.8 Å². The number of nitrogens with one attached hydrogen (secondary N) is 2. The molecule has 0 aliphatic carbocycles. The maximum absolute atomic E-state index is 12.3. The molecule has 1 heterocycles. The van der Waals surface area contributed by atoms with Gasteiger partial charge in [-0.25, -0.2) is 0 Å². The first-order valence-corrected chi connectivity index (χ1v) is 9.84. The van der Waals surface area contributed by atoms with Gasteiger partial charge in [0, 0.05) is 29.7 Å². The van der Waals surface area contributed by atoms with Crippen LogP contribution in [0, 0.1) is 0 Å². The van der Waals surface area contributed by atoms with Gasteiger partial charge in [0.25, 0.3) is 0 Å². The number of halogens is 1. The Kier molecular flexibility index (Phi) is 7.37. The van der Waals surface area contributed by atoms with Gasteiger partial charge in [0.15, 0.2) is 11.5 Å². The van der Waals surface area contributed by atoms with Crippen LogP contribution in [-0.4, -0.2) is 57.2 Å². The quantitative estimate of drug-likeness (QED) is 0.665. The standard InChI is InChI=1S/C21H24ClN3O5/c1-25(13-21(27)24-16-11-14(22)3-5-17(16)28-2)8-7-20(26)23-15-4-6-18-19(12-15)30-10-9-29-18/h3-6,11-12H,7-10,13H2,1-2H3,(H,23,26)(H,24,27). The van der Waals surface area contributed by atoms with Gasteiger partial charge in [0.1, 0.15) is 19.0 Å². The van der Waals surface area contributed by atoms with Crippen molar-refractivity contribution >= 4 is 34.8 Å². The Morgan fingerprint density at radius 1 is 1.07 bits per heavy atom. The zero-order valence-corrected chi connectivity index (χ0v) is 17.6. The van der Waals surface area contributed by atoms with Crippen molar-refractivity contribution in [3.63, 3.8) is 0 Å². The van der Waals surface area contributed by atoms with Gasteiger partial charge in [-0.2, -0.15) is 0 Å². The second-order valence-corrected chi connectivity index (χ2v) is 7.22. The average molecular weight is 434 g/mol. The van der Waals surface area contributed by atoms with E-state index in [0.29, 0.717) is 53.4 Å². The Morgan fingerprint density at radius 3 is 2.60 bits per heavy atom. The normalized spacial score (nSPS) is 12.4. The van der Waals surface area contributed by atoms with Gasteiger partial charge >= 0.3 is 0 Å². The molecule has 8 nitrogen and oxygen atoms in total. The number of hydrogen-bond acceptors (Lipinski definition) is 6. The van der Waals surface area contributed by atoms with Gasteiger partial charge in [0.2, 0.25) is 11.8 Å². The minimum atomic E-state index is -0.231. The van der Waals surface area contributed by atoms with Crippen molar-refractivity contribution in [1.29, 1.82) is 0 Å². The molecule has 9 heteroatoms. The second kappa shape index (κ2) is 10.2. The summed E-state index contributed by atoms with van der Waals surface area (Å²) < 4.78 is 16.2. The number of fused-ring (bicyclic) bond motifs is 1. The van der Waals surface area contributed by atoms with Crippen molar-refractivity contribution in [2.45, 2.75) is 6.42 Å². The summed E-state index contributed by atoms with van der Waals surface area (Å²) in [5.41, 5.74) is 1.14. The van der Waals surface area contributed by atoms with Crippen molar-refractivity contribution in [1.82, 2.24) is 4.90 Å². The van der Waals surface area contributed by atoms with E-state index < -0.39 is 0 Å². The topological polar surface area (TPSA) is 89.1 Å². The molecule has 30 heavy (non-hydrogen) atoms. The molecule has 1 aliphatic heterocycles. The molecule has 0 fully saturated rings. The molecular weight excluding hydrogens is 410 g/mol. The molecule has 0 spiro atoms. The van der Waals surface area contributed by atoms with Crippen LogP contribution in [0.5, 0.6) is 17.2 Å². The molecule has 2 aromatic rings. The van der Waals surface area contributed by atoms with Crippen LogP contribution in [-0.2, 0) is 9.59 Å². The molecular formula is C21H24ClN3O5. The first kappa shape index (κ1) is 21.7. The Hall–Kier alpha value is -2.97. The fraction of sp³-hybridized carbons (Fsp3) is 0.333. The summed E-state index contributed by atoms with van der Waals surface area (Å²) in [6, 6.07) is 10.3. The number of carbonyl (C=O) groups is 2. The van der Waals surface area contributed by atoms with E-state index in [1.165, 1.54) is 7.11 Å². The third-order valence-electron chi connectivity index (χ3n) is 4.40. The Labute approximate surface area is 180 Å². The summed E-state index contributed by atoms with van der Waals surface area (Å²) in [6.07, 6.45) is 0.235. The first-order chi connectivity index (χ1) is 14.4. The highest BCUT2D eigenvalue weighted by atomic mass is 35.5. The lowest BCUT2D eigenvalue weighted by Crippen LogP contribution is -2.32. The van der Waals surface area contributed by atoms with Crippen molar-refractivity contribution in [3.05, 3.63) is 41.4 Å². The van der Waals surface area contributed by atoms with Crippen LogP contribution in [0.2, 0.25) is 5.02 Å². The van der Waals surface area contributed by atoms with Crippen LogP contribution in [0.3, 0.4) is 0 Å². The molecule has 2 aromatic carbocycles. The van der Waals surface area contributed by atoms with Crippen LogP contribution in [0.15, 0.2) is 36.4 Å². The number of hydrogen-bond donors (Lipinski definition) is 2. The van der Waals surface area contributed by atoms with Gasteiger partial charge in [0.05, 0.1) is 19.3 Å². The molecule has 0 atom stereocenters. The lowest BCUT2D eigenvalue weighted by Gasteiger charge is -2.19. The fourth-order valence-electron chi connectivity index (χ4n) is 2.93. The third-order valence-corrected chi connectivity index (χ3v) is 4.63. The van der Waals surface area contributed by atoms with E-state index in [9.17, 15) is 9.59 Å². The smallest absolute Gasteiger partial charge is 0.238 e. The number of amides is 2. The van der Waals surface area contributed by atoms with E-state index in [1.807, 2.05) is 0 Å². The molecule has 0 radical (unpaired) electrons. The molecule has 2 N–H and O–H groups in total. The van der Waals surface area contributed by atoms with Crippen LogP contribution >= 0.6 is 11.6 Å². The molecule has 0 saturated carbocycles. The van der Waals surface area contributed by atoms with Crippen molar-refractivity contribution in [3.8, 4) is 17.2 Å². The fourth-order valence-corrected chi connectivity index (χ4v) is 3.10. The monoisotopic (exact) mass is 433 g/mol. The molecule has 160 valence electrons. The summed E-state index contributed by atoms with van der Waals surface area (Å²) in [5, 5.41) is 6.10. The van der Waals surface area contributed by atoms with Crippen molar-refractivity contribution in [2.75, 3.05) is 51.1 Å². The van der Waals surface area contributed by atoms with E-state index >= 15 is 0 Å². The first-order valence-electron chi connectivity index (χ1n) is 9.46. The minimum Gasteiger partial charge on any atom is -0.495 e. The van der Waals surface area contributed by atoms with Crippen molar-refractivity contribution < 1.29 is 23.8 Å². The van der Waals surface area contributed by atoms with Gasteiger partial charge in [-0.05, 0) is 37.4 Å². The maximum atomic E-state index is 12.3. The van der Waals surface area contributed by atoms with Gasteiger partial charge in [-0.1, -0.05) is 11.6 Å². The number of benzene rings is 2. The Balaban J connectivity index is 1.45. The highest BCUT2D eigenvalue weighted by Crippen LogP contribution is 2.32. The van der Waals surface area contributed by atoms with Gasteiger partial charge in [-0.15, -0.1) is 0 Å². The number of rotatable bonds is 8. The summed E-state index contributed by atoms with van der Waals surface area (Å²) in [5.74, 6) is 1.42. The summed E-state index contributed by atoms with van der Waals surface area (Å²) in [7, 11) is 3.29. The Morgan fingerprint density at radius 2 is 1.83 bits per heavy atom. The zero-order valence-electron chi connectivity index (χ0n) is 16.9. The zero-order chi connectivity index (χ0) is 21.5. The van der Waals surface area contributed by atoms with E-state index in [1.54, 1.807) is 48.3 Å². The summed E-state index contributed by atoms with van der Waals surface area (Å²) in [6.45, 7) is 1.53. The SMILES string of the molecule is COc1ccc(Cl)cc1NC(=O)CN(C)CCC(=O)Nc1ccc2c(c1)OCCO2. The Bertz CT molecular complexity index is 922. The molecule has 0 aromatic heterocycles. The number of carbonyl (C=O) groups excluding carboxylic acids is 2. The number of ether oxygens (including phenoxy) is 3. The van der Waals surface area contributed by atoms with Crippen molar-refractivity contribution in [2.24, 2.45) is 0 Å². The van der Waals surface area contributed by atoms with E-state index in [-0.39, 0.29) is 24.8 Å². The molecule has 3 rings (SSSR count). The van der Waals surface area contributed by atoms with Crippen LogP contribution in [0.4, 0.5) is 11.4 Å². The van der Waals surface area contributed by atoms with E-state index in [4.69, 9.17) is 25.8 Å². The third kappa shape index (κ3) is 6.01. The maximum Gasteiger partial charge on any atom is 0.238 e. The lowest BCUT2D eigenvalue weighted by molar-refractivity contribution is -0.119. The predicted molar refractivity (Wildman–Crippen MR) is 115 cm³/mol. The highest BCUT2D eigenvalue weighted by Gasteiger charge is 2.14. The summed E-state index contributed by atoms with van der Waals surface area (Å²) >= 11 is 5.98. The van der Waals surface area contributed by atoms with Crippen LogP contribution in [0.1, 0.15) is 6.42 Å². The second-order valence-electron chi connectivity index (χ2n) is 6.79. The molecule has 0 saturated heterocycles. The van der Waals surface area contributed by atoms with Gasteiger partial charge in [-0.3, -0.25) is 14.5 Å². The molecule has 0 unspecified atom stereocenters. The van der Waals surface area contributed by atoms with Crippen LogP contribution < -0.4 is 24.8 Å². The number of methoxy groups -OCH3 is 1. The van der Waals surface area contributed by atoms with E-state index in [0.717, 1.165) is 0 Å². The lowest BCUT2D eigenvalue weighted by atomic mass is 10.2. The predicted octanol–water partition coefficient (Wildman–Crippen LogP) is 3.02. The highest BCUT2D eigenvalue weighted by molar-refractivity contribution is 6.31. The number of nitrogens with zero attached hydrogens (tertiary/aromatic N) is 1. The molecule has 2 amide bonds. The van der Waals surface area contributed by atoms with E-state index in [2.05, 4.69) is 10.6 Å². The number of likely N-dealkylation sites (N-methyl/N-ethyl adjacent to an activating group) is 1. The summed E-state index contributed by atoms with van der Waals surface area (Å²) in [4.78, 5) is 26.3. The van der Waals surface area contributed by atoms with Crippen LogP contribution in [0.25, 0.3) is 0 Å². The molecule has 0 bridgehead atoms. The molecule has 1 aliphatic rings. The number of anilines is 2.